The highest BCUT2D eigenvalue weighted by atomic mass is 16.5. The summed E-state index contributed by atoms with van der Waals surface area (Å²) in [5, 5.41) is 0. The van der Waals surface area contributed by atoms with Crippen LogP contribution in [0.25, 0.3) is 22.3 Å². The van der Waals surface area contributed by atoms with E-state index in [0.29, 0.717) is 0 Å². The van der Waals surface area contributed by atoms with Gasteiger partial charge in [0.2, 0.25) is 0 Å². The second-order valence-electron chi connectivity index (χ2n) is 6.60. The predicted molar refractivity (Wildman–Crippen MR) is 105 cm³/mol. The average Bonchev–Trinajstić information content (AvgIpc) is 2.64. The summed E-state index contributed by atoms with van der Waals surface area (Å²) in [6.07, 6.45) is 0. The van der Waals surface area contributed by atoms with Crippen LogP contribution in [0, 0.1) is 6.92 Å². The normalized spacial score (nSPS) is 13.3. The van der Waals surface area contributed by atoms with E-state index in [4.69, 9.17) is 10.5 Å². The van der Waals surface area contributed by atoms with Crippen LogP contribution in [-0.4, -0.2) is 20.2 Å². The maximum absolute atomic E-state index is 5.95. The number of rotatable bonds is 2. The van der Waals surface area contributed by atoms with Gasteiger partial charge in [-0.05, 0) is 65.1 Å². The third-order valence-corrected chi connectivity index (χ3v) is 4.85. The molecule has 0 aromatic heterocycles. The molecule has 3 heteroatoms. The number of nitrogens with zero attached hydrogens (tertiary/aromatic N) is 1. The molecule has 3 nitrogen and oxygen atoms in total. The number of nitrogen functional groups attached to an aromatic ring is 1. The SMILES string of the molecule is Cc1cc(-c2cccc(-c3ccc4c(c3)OCCN4C)c2)ccc1N. The van der Waals surface area contributed by atoms with Crippen molar-refractivity contribution in [1.82, 2.24) is 0 Å². The van der Waals surface area contributed by atoms with E-state index in [1.54, 1.807) is 0 Å². The standard InChI is InChI=1S/C22H22N2O/c1-15-12-18(6-8-20(15)23)16-4-3-5-17(13-16)19-7-9-21-22(14-19)25-11-10-24(21)2/h3-9,12-14H,10-11,23H2,1-2H3. The highest BCUT2D eigenvalue weighted by Gasteiger charge is 2.15. The molecular weight excluding hydrogens is 308 g/mol. The van der Waals surface area contributed by atoms with Gasteiger partial charge in [-0.3, -0.25) is 0 Å². The molecule has 3 aromatic carbocycles. The Bertz CT molecular complexity index is 933. The highest BCUT2D eigenvalue weighted by molar-refractivity contribution is 5.77. The number of nitrogens with two attached hydrogens (primary N) is 1. The second-order valence-corrected chi connectivity index (χ2v) is 6.60. The van der Waals surface area contributed by atoms with Crippen LogP contribution in [0.4, 0.5) is 11.4 Å². The molecule has 0 saturated carbocycles. The molecule has 0 unspecified atom stereocenters. The summed E-state index contributed by atoms with van der Waals surface area (Å²) in [6, 6.07) is 21.2. The van der Waals surface area contributed by atoms with Crippen molar-refractivity contribution in [2.45, 2.75) is 6.92 Å². The molecule has 1 heterocycles. The van der Waals surface area contributed by atoms with Crippen LogP contribution in [0.3, 0.4) is 0 Å². The maximum atomic E-state index is 5.95. The molecule has 0 saturated heterocycles. The Morgan fingerprint density at radius 1 is 0.880 bits per heavy atom. The Hall–Kier alpha value is -2.94. The maximum Gasteiger partial charge on any atom is 0.143 e. The van der Waals surface area contributed by atoms with Crippen molar-refractivity contribution < 1.29 is 4.74 Å². The van der Waals surface area contributed by atoms with Gasteiger partial charge in [0.15, 0.2) is 0 Å². The van der Waals surface area contributed by atoms with Gasteiger partial charge >= 0.3 is 0 Å². The zero-order valence-electron chi connectivity index (χ0n) is 14.6. The van der Waals surface area contributed by atoms with Crippen molar-refractivity contribution in [3.8, 4) is 28.0 Å². The van der Waals surface area contributed by atoms with E-state index in [9.17, 15) is 0 Å². The van der Waals surface area contributed by atoms with Gasteiger partial charge in [-0.2, -0.15) is 0 Å². The number of aryl methyl sites for hydroxylation is 1. The van der Waals surface area contributed by atoms with E-state index >= 15 is 0 Å². The molecule has 0 fully saturated rings. The minimum Gasteiger partial charge on any atom is -0.490 e. The molecule has 0 radical (unpaired) electrons. The van der Waals surface area contributed by atoms with E-state index in [1.807, 2.05) is 13.0 Å². The summed E-state index contributed by atoms with van der Waals surface area (Å²) in [6.45, 7) is 3.70. The van der Waals surface area contributed by atoms with Gasteiger partial charge in [-0.1, -0.05) is 30.3 Å². The topological polar surface area (TPSA) is 38.5 Å². The zero-order valence-corrected chi connectivity index (χ0v) is 14.6. The van der Waals surface area contributed by atoms with Crippen molar-refractivity contribution in [2.75, 3.05) is 30.8 Å². The molecule has 126 valence electrons. The Morgan fingerprint density at radius 3 is 2.32 bits per heavy atom. The lowest BCUT2D eigenvalue weighted by molar-refractivity contribution is 0.311. The van der Waals surface area contributed by atoms with Crippen LogP contribution >= 0.6 is 0 Å². The molecule has 0 amide bonds. The second kappa shape index (κ2) is 6.17. The van der Waals surface area contributed by atoms with E-state index in [2.05, 4.69) is 66.5 Å². The molecule has 0 atom stereocenters. The van der Waals surface area contributed by atoms with Crippen LogP contribution in [-0.2, 0) is 0 Å². The first kappa shape index (κ1) is 15.6. The minimum absolute atomic E-state index is 0.734. The molecule has 2 N–H and O–H groups in total. The summed E-state index contributed by atoms with van der Waals surface area (Å²) >= 11 is 0. The van der Waals surface area contributed by atoms with Crippen LogP contribution < -0.4 is 15.4 Å². The Labute approximate surface area is 148 Å². The average molecular weight is 330 g/mol. The third kappa shape index (κ3) is 2.93. The van der Waals surface area contributed by atoms with Gasteiger partial charge in [0.05, 0.1) is 12.2 Å². The number of ether oxygens (including phenoxy) is 1. The Morgan fingerprint density at radius 2 is 1.56 bits per heavy atom. The van der Waals surface area contributed by atoms with Gasteiger partial charge < -0.3 is 15.4 Å². The number of hydrogen-bond acceptors (Lipinski definition) is 3. The number of fused-ring (bicyclic) bond motifs is 1. The lowest BCUT2D eigenvalue weighted by Crippen LogP contribution is -2.28. The third-order valence-electron chi connectivity index (χ3n) is 4.85. The molecule has 0 bridgehead atoms. The number of hydrogen-bond donors (Lipinski definition) is 1. The lowest BCUT2D eigenvalue weighted by Gasteiger charge is -2.28. The fraction of sp³-hybridized carbons (Fsp3) is 0.182. The molecule has 3 aromatic rings. The first-order chi connectivity index (χ1) is 12.1. The quantitative estimate of drug-likeness (QED) is 0.690. The predicted octanol–water partition coefficient (Wildman–Crippen LogP) is 4.74. The summed E-state index contributed by atoms with van der Waals surface area (Å²) < 4.78 is 5.84. The van der Waals surface area contributed by atoms with Gasteiger partial charge in [-0.25, -0.2) is 0 Å². The monoisotopic (exact) mass is 330 g/mol. The summed E-state index contributed by atoms with van der Waals surface area (Å²) in [7, 11) is 2.10. The van der Waals surface area contributed by atoms with E-state index in [0.717, 1.165) is 35.8 Å². The number of anilines is 2. The lowest BCUT2D eigenvalue weighted by atomic mass is 9.97. The first-order valence-electron chi connectivity index (χ1n) is 8.57. The molecular formula is C22H22N2O. The van der Waals surface area contributed by atoms with Crippen molar-refractivity contribution in [2.24, 2.45) is 0 Å². The molecule has 0 aliphatic carbocycles. The molecule has 25 heavy (non-hydrogen) atoms. The fourth-order valence-corrected chi connectivity index (χ4v) is 3.27. The van der Waals surface area contributed by atoms with Crippen LogP contribution in [0.1, 0.15) is 5.56 Å². The highest BCUT2D eigenvalue weighted by Crippen LogP contribution is 2.36. The molecule has 4 rings (SSSR count). The van der Waals surface area contributed by atoms with Crippen molar-refractivity contribution >= 4 is 11.4 Å². The fourth-order valence-electron chi connectivity index (χ4n) is 3.27. The Kier molecular flexibility index (Phi) is 3.85. The molecule has 1 aliphatic rings. The van der Waals surface area contributed by atoms with Gasteiger partial charge in [0.1, 0.15) is 12.4 Å². The smallest absolute Gasteiger partial charge is 0.143 e. The molecule has 0 spiro atoms. The Balaban J connectivity index is 1.73. The number of benzene rings is 3. The zero-order chi connectivity index (χ0) is 17.4. The van der Waals surface area contributed by atoms with Crippen molar-refractivity contribution in [1.29, 1.82) is 0 Å². The first-order valence-corrected chi connectivity index (χ1v) is 8.57. The summed E-state index contributed by atoms with van der Waals surface area (Å²) in [4.78, 5) is 2.23. The van der Waals surface area contributed by atoms with Gasteiger partial charge in [0.25, 0.3) is 0 Å². The van der Waals surface area contributed by atoms with Crippen LogP contribution in [0.2, 0.25) is 0 Å². The van der Waals surface area contributed by atoms with Crippen LogP contribution in [0.15, 0.2) is 60.7 Å². The van der Waals surface area contributed by atoms with E-state index in [1.165, 1.54) is 22.3 Å². The summed E-state index contributed by atoms with van der Waals surface area (Å²) in [5.74, 6) is 0.958. The van der Waals surface area contributed by atoms with E-state index < -0.39 is 0 Å². The largest absolute Gasteiger partial charge is 0.490 e. The number of likely N-dealkylation sites (N-methyl/N-ethyl adjacent to an activating group) is 1. The minimum atomic E-state index is 0.734. The van der Waals surface area contributed by atoms with Crippen LogP contribution in [0.5, 0.6) is 5.75 Å². The molecule has 1 aliphatic heterocycles. The van der Waals surface area contributed by atoms with Crippen molar-refractivity contribution in [3.05, 3.63) is 66.2 Å². The van der Waals surface area contributed by atoms with Crippen molar-refractivity contribution in [3.63, 3.8) is 0 Å². The van der Waals surface area contributed by atoms with Gasteiger partial charge in [0, 0.05) is 12.7 Å². The summed E-state index contributed by atoms with van der Waals surface area (Å²) in [5.41, 5.74) is 13.8. The van der Waals surface area contributed by atoms with Gasteiger partial charge in [-0.15, -0.1) is 0 Å². The van der Waals surface area contributed by atoms with E-state index in [-0.39, 0.29) is 0 Å².